The predicted octanol–water partition coefficient (Wildman–Crippen LogP) is 7.96. The largest absolute Gasteiger partial charge is 0.496 e. The van der Waals surface area contributed by atoms with Crippen LogP contribution in [-0.4, -0.2) is 85.7 Å². The Morgan fingerprint density at radius 2 is 1.36 bits per heavy atom. The molecule has 47 heavy (non-hydrogen) atoms. The predicted molar refractivity (Wildman–Crippen MR) is 193 cm³/mol. The van der Waals surface area contributed by atoms with Crippen molar-refractivity contribution < 1.29 is 14.3 Å². The van der Waals surface area contributed by atoms with Crippen molar-refractivity contribution in [1.29, 1.82) is 0 Å². The van der Waals surface area contributed by atoms with E-state index in [0.29, 0.717) is 19.6 Å². The maximum Gasteiger partial charge on any atom is 0.329 e. The topological polar surface area (TPSA) is 68.4 Å². The standard InChI is InChI=1S/C39H55N5O3/c1-4-6-16-28-41(29-17-7-5-2)38(45)42-30-31-43(36(32-42)25-27-40-26-24-33-18-14-15-23-37(33)47-3)39(46)44(34-19-10-8-11-20-34)35-21-12-9-13-22-35/h8-15,18-23,36,40H,4-7,16-17,24-32H2,1-3H3. The fraction of sp³-hybridized carbons (Fsp3) is 0.487. The lowest BCUT2D eigenvalue weighted by atomic mass is 10.1. The first-order valence-electron chi connectivity index (χ1n) is 17.6. The van der Waals surface area contributed by atoms with Crippen LogP contribution in [-0.2, 0) is 6.42 Å². The third-order valence-corrected chi connectivity index (χ3v) is 8.97. The summed E-state index contributed by atoms with van der Waals surface area (Å²) in [5.74, 6) is 0.900. The number of carbonyl (C=O) groups excluding carboxylic acids is 2. The zero-order chi connectivity index (χ0) is 33.3. The molecule has 0 spiro atoms. The number of amides is 4. The van der Waals surface area contributed by atoms with Crippen LogP contribution in [0, 0.1) is 0 Å². The molecule has 1 heterocycles. The molecule has 0 aliphatic carbocycles. The van der Waals surface area contributed by atoms with E-state index in [4.69, 9.17) is 4.74 Å². The Kier molecular flexibility index (Phi) is 14.9. The Morgan fingerprint density at radius 3 is 1.96 bits per heavy atom. The van der Waals surface area contributed by atoms with Gasteiger partial charge in [-0.05, 0) is 74.7 Å². The van der Waals surface area contributed by atoms with Gasteiger partial charge in [0.2, 0.25) is 0 Å². The van der Waals surface area contributed by atoms with Crippen LogP contribution in [0.3, 0.4) is 0 Å². The number of piperazine rings is 1. The maximum atomic E-state index is 14.5. The number of hydrogen-bond acceptors (Lipinski definition) is 4. The first-order valence-corrected chi connectivity index (χ1v) is 17.6. The lowest BCUT2D eigenvalue weighted by Crippen LogP contribution is -2.61. The number of rotatable bonds is 17. The maximum absolute atomic E-state index is 14.5. The first-order chi connectivity index (χ1) is 23.1. The summed E-state index contributed by atoms with van der Waals surface area (Å²) in [6.07, 6.45) is 8.14. The number of anilines is 2. The van der Waals surface area contributed by atoms with Gasteiger partial charge in [-0.1, -0.05) is 94.1 Å². The molecule has 0 saturated carbocycles. The molecule has 254 valence electrons. The van der Waals surface area contributed by atoms with E-state index < -0.39 is 0 Å². The number of benzene rings is 3. The molecule has 8 nitrogen and oxygen atoms in total. The molecule has 1 aliphatic rings. The van der Waals surface area contributed by atoms with E-state index in [1.54, 1.807) is 12.0 Å². The zero-order valence-corrected chi connectivity index (χ0v) is 28.8. The highest BCUT2D eigenvalue weighted by Gasteiger charge is 2.36. The molecule has 3 aromatic rings. The number of urea groups is 2. The fourth-order valence-corrected chi connectivity index (χ4v) is 6.32. The van der Waals surface area contributed by atoms with Crippen LogP contribution in [0.5, 0.6) is 5.75 Å². The van der Waals surface area contributed by atoms with Gasteiger partial charge >= 0.3 is 12.1 Å². The van der Waals surface area contributed by atoms with Gasteiger partial charge in [-0.25, -0.2) is 9.59 Å². The Bertz CT molecular complexity index is 1290. The highest BCUT2D eigenvalue weighted by molar-refractivity contribution is 5.99. The molecule has 1 atom stereocenters. The number of hydrogen-bond donors (Lipinski definition) is 1. The average molecular weight is 642 g/mol. The van der Waals surface area contributed by atoms with Gasteiger partial charge in [-0.2, -0.15) is 0 Å². The number of nitrogens with one attached hydrogen (secondary N) is 1. The van der Waals surface area contributed by atoms with Crippen molar-refractivity contribution in [3.63, 3.8) is 0 Å². The van der Waals surface area contributed by atoms with Crippen molar-refractivity contribution in [3.05, 3.63) is 90.5 Å². The average Bonchev–Trinajstić information content (AvgIpc) is 3.11. The molecule has 1 N–H and O–H groups in total. The lowest BCUT2D eigenvalue weighted by molar-refractivity contribution is 0.0880. The summed E-state index contributed by atoms with van der Waals surface area (Å²) in [7, 11) is 1.71. The van der Waals surface area contributed by atoms with E-state index in [2.05, 4.69) is 30.1 Å². The lowest BCUT2D eigenvalue weighted by Gasteiger charge is -2.44. The second kappa shape index (κ2) is 19.6. The summed E-state index contributed by atoms with van der Waals surface area (Å²) < 4.78 is 5.53. The number of para-hydroxylation sites is 3. The van der Waals surface area contributed by atoms with Gasteiger partial charge in [-0.3, -0.25) is 4.90 Å². The molecular formula is C39H55N5O3. The normalized spacial score (nSPS) is 14.6. The Morgan fingerprint density at radius 1 is 0.766 bits per heavy atom. The van der Waals surface area contributed by atoms with Crippen LogP contribution in [0.4, 0.5) is 21.0 Å². The molecular weight excluding hydrogens is 586 g/mol. The van der Waals surface area contributed by atoms with Crippen LogP contribution in [0.25, 0.3) is 0 Å². The number of carbonyl (C=O) groups is 2. The summed E-state index contributed by atoms with van der Waals surface area (Å²) in [6.45, 7) is 9.05. The molecule has 0 bridgehead atoms. The van der Waals surface area contributed by atoms with Crippen LogP contribution >= 0.6 is 0 Å². The van der Waals surface area contributed by atoms with E-state index in [-0.39, 0.29) is 18.1 Å². The molecule has 1 aliphatic heterocycles. The molecule has 1 unspecified atom stereocenters. The van der Waals surface area contributed by atoms with Crippen molar-refractivity contribution in [2.24, 2.45) is 0 Å². The fourth-order valence-electron chi connectivity index (χ4n) is 6.32. The van der Waals surface area contributed by atoms with Gasteiger partial charge in [-0.15, -0.1) is 0 Å². The Balaban J connectivity index is 1.51. The SMILES string of the molecule is CCCCCN(CCCCC)C(=O)N1CCN(C(=O)N(c2ccccc2)c2ccccc2)C(CCNCCc2ccccc2OC)C1. The molecule has 0 radical (unpaired) electrons. The minimum atomic E-state index is -0.123. The second-order valence-corrected chi connectivity index (χ2v) is 12.4. The summed E-state index contributed by atoms with van der Waals surface area (Å²) in [4.78, 5) is 36.4. The first kappa shape index (κ1) is 35.8. The van der Waals surface area contributed by atoms with Gasteiger partial charge < -0.3 is 24.8 Å². The zero-order valence-electron chi connectivity index (χ0n) is 28.8. The quantitative estimate of drug-likeness (QED) is 0.152. The third kappa shape index (κ3) is 10.5. The second-order valence-electron chi connectivity index (χ2n) is 12.4. The monoisotopic (exact) mass is 641 g/mol. The molecule has 3 aromatic carbocycles. The summed E-state index contributed by atoms with van der Waals surface area (Å²) in [5.41, 5.74) is 2.82. The van der Waals surface area contributed by atoms with E-state index in [9.17, 15) is 9.59 Å². The third-order valence-electron chi connectivity index (χ3n) is 8.97. The van der Waals surface area contributed by atoms with E-state index in [1.807, 2.05) is 88.7 Å². The van der Waals surface area contributed by atoms with Crippen molar-refractivity contribution in [2.45, 2.75) is 71.3 Å². The van der Waals surface area contributed by atoms with Gasteiger partial charge in [0.15, 0.2) is 0 Å². The van der Waals surface area contributed by atoms with Crippen molar-refractivity contribution in [2.75, 3.05) is 57.8 Å². The van der Waals surface area contributed by atoms with Crippen LogP contribution in [0.1, 0.15) is 64.4 Å². The Hall–Kier alpha value is -4.04. The van der Waals surface area contributed by atoms with Gasteiger partial charge in [0.1, 0.15) is 5.75 Å². The highest BCUT2D eigenvalue weighted by atomic mass is 16.5. The molecule has 4 amide bonds. The molecule has 8 heteroatoms. The molecule has 1 fully saturated rings. The number of methoxy groups -OCH3 is 1. The van der Waals surface area contributed by atoms with Crippen LogP contribution in [0.2, 0.25) is 0 Å². The summed E-state index contributed by atoms with van der Waals surface area (Å²) in [5, 5.41) is 3.60. The van der Waals surface area contributed by atoms with Crippen molar-refractivity contribution in [1.82, 2.24) is 20.0 Å². The highest BCUT2D eigenvalue weighted by Crippen LogP contribution is 2.29. The molecule has 1 saturated heterocycles. The minimum Gasteiger partial charge on any atom is -0.496 e. The van der Waals surface area contributed by atoms with Gasteiger partial charge in [0.25, 0.3) is 0 Å². The number of nitrogens with zero attached hydrogens (tertiary/aromatic N) is 4. The summed E-state index contributed by atoms with van der Waals surface area (Å²) >= 11 is 0. The van der Waals surface area contributed by atoms with Gasteiger partial charge in [0, 0.05) is 32.7 Å². The minimum absolute atomic E-state index is 0.0590. The summed E-state index contributed by atoms with van der Waals surface area (Å²) in [6, 6.07) is 27.7. The molecule has 0 aromatic heterocycles. The van der Waals surface area contributed by atoms with Crippen molar-refractivity contribution in [3.8, 4) is 5.75 Å². The van der Waals surface area contributed by atoms with Gasteiger partial charge in [0.05, 0.1) is 24.5 Å². The number of unbranched alkanes of at least 4 members (excludes halogenated alkanes) is 4. The van der Waals surface area contributed by atoms with E-state index in [1.165, 1.54) is 5.56 Å². The van der Waals surface area contributed by atoms with E-state index in [0.717, 1.165) is 94.7 Å². The smallest absolute Gasteiger partial charge is 0.329 e. The van der Waals surface area contributed by atoms with E-state index >= 15 is 0 Å². The van der Waals surface area contributed by atoms with Crippen LogP contribution in [0.15, 0.2) is 84.9 Å². The molecule has 4 rings (SSSR count). The van der Waals surface area contributed by atoms with Crippen LogP contribution < -0.4 is 15.0 Å². The number of ether oxygens (including phenoxy) is 1. The van der Waals surface area contributed by atoms with Crippen molar-refractivity contribution >= 4 is 23.4 Å². The Labute approximate surface area is 282 Å².